The van der Waals surface area contributed by atoms with E-state index in [1.54, 1.807) is 6.92 Å². The van der Waals surface area contributed by atoms with Gasteiger partial charge in [-0.3, -0.25) is 4.72 Å². The van der Waals surface area contributed by atoms with Crippen molar-refractivity contribution in [3.63, 3.8) is 0 Å². The van der Waals surface area contributed by atoms with Gasteiger partial charge < -0.3 is 0 Å². The highest BCUT2D eigenvalue weighted by atomic mass is 35.5. The third kappa shape index (κ3) is 3.35. The van der Waals surface area contributed by atoms with E-state index in [4.69, 9.17) is 34.8 Å². The lowest BCUT2D eigenvalue weighted by Gasteiger charge is -2.12. The van der Waals surface area contributed by atoms with Gasteiger partial charge in [0, 0.05) is 5.02 Å². The Kier molecular flexibility index (Phi) is 4.44. The zero-order valence-electron chi connectivity index (χ0n) is 10.2. The van der Waals surface area contributed by atoms with Crippen LogP contribution in [-0.4, -0.2) is 13.4 Å². The van der Waals surface area contributed by atoms with E-state index in [9.17, 15) is 8.42 Å². The maximum atomic E-state index is 12.2. The minimum Gasteiger partial charge on any atom is -0.276 e. The molecule has 0 radical (unpaired) electrons. The van der Waals surface area contributed by atoms with Crippen molar-refractivity contribution in [1.82, 2.24) is 4.98 Å². The van der Waals surface area contributed by atoms with E-state index in [1.165, 1.54) is 30.3 Å². The average molecular weight is 352 g/mol. The Morgan fingerprint density at radius 1 is 1.10 bits per heavy atom. The molecule has 0 fully saturated rings. The minimum absolute atomic E-state index is 0.00691. The summed E-state index contributed by atoms with van der Waals surface area (Å²) >= 11 is 17.4. The van der Waals surface area contributed by atoms with E-state index in [1.807, 2.05) is 0 Å². The van der Waals surface area contributed by atoms with Crippen LogP contribution < -0.4 is 4.72 Å². The summed E-state index contributed by atoms with van der Waals surface area (Å²) in [5.74, 6) is 0. The van der Waals surface area contributed by atoms with Crippen LogP contribution in [0.1, 0.15) is 5.56 Å². The number of hydrogen-bond acceptors (Lipinski definition) is 3. The lowest BCUT2D eigenvalue weighted by atomic mass is 10.3. The molecule has 20 heavy (non-hydrogen) atoms. The van der Waals surface area contributed by atoms with Crippen LogP contribution in [0.5, 0.6) is 0 Å². The van der Waals surface area contributed by atoms with Crippen LogP contribution in [0.3, 0.4) is 0 Å². The van der Waals surface area contributed by atoms with E-state index < -0.39 is 10.0 Å². The van der Waals surface area contributed by atoms with Crippen LogP contribution in [0, 0.1) is 6.92 Å². The maximum Gasteiger partial charge on any atom is 0.262 e. The summed E-state index contributed by atoms with van der Waals surface area (Å²) < 4.78 is 26.9. The first-order valence-electron chi connectivity index (χ1n) is 5.40. The van der Waals surface area contributed by atoms with Gasteiger partial charge in [0.15, 0.2) is 5.15 Å². The highest BCUT2D eigenvalue weighted by molar-refractivity contribution is 7.92. The lowest BCUT2D eigenvalue weighted by molar-refractivity contribution is 0.601. The molecule has 0 atom stereocenters. The zero-order chi connectivity index (χ0) is 14.9. The van der Waals surface area contributed by atoms with Crippen molar-refractivity contribution in [1.29, 1.82) is 0 Å². The fraction of sp³-hybridized carbons (Fsp3) is 0.0833. The SMILES string of the molecule is Cc1cc(Cl)nc(Cl)c1NS(=O)(=O)c1ccc(Cl)cc1. The summed E-state index contributed by atoms with van der Waals surface area (Å²) in [5, 5.41) is 0.640. The Labute approximate surface area is 131 Å². The van der Waals surface area contributed by atoms with E-state index >= 15 is 0 Å². The van der Waals surface area contributed by atoms with Crippen LogP contribution in [0.15, 0.2) is 35.2 Å². The van der Waals surface area contributed by atoms with Crippen LogP contribution in [0.4, 0.5) is 5.69 Å². The molecule has 0 spiro atoms. The van der Waals surface area contributed by atoms with Gasteiger partial charge in [0.05, 0.1) is 10.6 Å². The summed E-state index contributed by atoms with van der Waals surface area (Å²) in [7, 11) is -3.76. The largest absolute Gasteiger partial charge is 0.276 e. The van der Waals surface area contributed by atoms with E-state index in [-0.39, 0.29) is 20.9 Å². The number of hydrogen-bond donors (Lipinski definition) is 1. The molecule has 0 aliphatic rings. The van der Waals surface area contributed by atoms with Crippen LogP contribution in [0.25, 0.3) is 0 Å². The van der Waals surface area contributed by atoms with Gasteiger partial charge in [0.1, 0.15) is 5.15 Å². The van der Waals surface area contributed by atoms with Gasteiger partial charge in [0.25, 0.3) is 10.0 Å². The lowest BCUT2D eigenvalue weighted by Crippen LogP contribution is -2.14. The van der Waals surface area contributed by atoms with Crippen molar-refractivity contribution < 1.29 is 8.42 Å². The molecule has 1 heterocycles. The van der Waals surface area contributed by atoms with Gasteiger partial charge in [0.2, 0.25) is 0 Å². The predicted molar refractivity (Wildman–Crippen MR) is 81.3 cm³/mol. The van der Waals surface area contributed by atoms with Crippen molar-refractivity contribution in [2.45, 2.75) is 11.8 Å². The third-order valence-corrected chi connectivity index (χ3v) is 4.59. The van der Waals surface area contributed by atoms with Gasteiger partial charge in [-0.15, -0.1) is 0 Å². The summed E-state index contributed by atoms with van der Waals surface area (Å²) in [6.07, 6.45) is 0. The number of nitrogens with zero attached hydrogens (tertiary/aromatic N) is 1. The summed E-state index contributed by atoms with van der Waals surface area (Å²) in [5.41, 5.74) is 0.776. The number of rotatable bonds is 3. The number of aromatic nitrogens is 1. The first kappa shape index (κ1) is 15.4. The molecular weight excluding hydrogens is 343 g/mol. The van der Waals surface area contributed by atoms with Crippen LogP contribution >= 0.6 is 34.8 Å². The topological polar surface area (TPSA) is 59.1 Å². The van der Waals surface area contributed by atoms with Crippen LogP contribution in [-0.2, 0) is 10.0 Å². The Hall–Kier alpha value is -1.01. The molecule has 106 valence electrons. The van der Waals surface area contributed by atoms with Crippen molar-refractivity contribution in [3.8, 4) is 0 Å². The van der Waals surface area contributed by atoms with Gasteiger partial charge in [-0.05, 0) is 42.8 Å². The van der Waals surface area contributed by atoms with Crippen molar-refractivity contribution in [3.05, 3.63) is 51.2 Å². The Morgan fingerprint density at radius 3 is 2.25 bits per heavy atom. The molecule has 4 nitrogen and oxygen atoms in total. The number of aryl methyl sites for hydroxylation is 1. The van der Waals surface area contributed by atoms with Gasteiger partial charge in [-0.1, -0.05) is 34.8 Å². The first-order chi connectivity index (χ1) is 9.29. The predicted octanol–water partition coefficient (Wildman–Crippen LogP) is 4.15. The number of halogens is 3. The summed E-state index contributed by atoms with van der Waals surface area (Å²) in [6.45, 7) is 1.68. The molecule has 2 rings (SSSR count). The van der Waals surface area contributed by atoms with Crippen LogP contribution in [0.2, 0.25) is 15.3 Å². The standard InChI is InChI=1S/C12H9Cl3N2O2S/c1-7-6-10(14)16-12(15)11(7)17-20(18,19)9-4-2-8(13)3-5-9/h2-6,17H,1H3. The summed E-state index contributed by atoms with van der Waals surface area (Å²) in [6, 6.07) is 7.30. The third-order valence-electron chi connectivity index (χ3n) is 2.50. The highest BCUT2D eigenvalue weighted by Crippen LogP contribution is 2.28. The van der Waals surface area contributed by atoms with E-state index in [0.717, 1.165) is 0 Å². The fourth-order valence-electron chi connectivity index (χ4n) is 1.53. The molecule has 0 unspecified atom stereocenters. The number of sulfonamides is 1. The number of nitrogens with one attached hydrogen (secondary N) is 1. The molecular formula is C12H9Cl3N2O2S. The first-order valence-corrected chi connectivity index (χ1v) is 8.02. The molecule has 2 aromatic rings. The summed E-state index contributed by atoms with van der Waals surface area (Å²) in [4.78, 5) is 3.89. The van der Waals surface area contributed by atoms with Gasteiger partial charge in [-0.2, -0.15) is 0 Å². The minimum atomic E-state index is -3.76. The van der Waals surface area contributed by atoms with E-state index in [2.05, 4.69) is 9.71 Å². The van der Waals surface area contributed by atoms with Gasteiger partial charge in [-0.25, -0.2) is 13.4 Å². The molecule has 8 heteroatoms. The molecule has 1 aromatic heterocycles. The maximum absolute atomic E-state index is 12.2. The number of anilines is 1. The molecule has 1 N–H and O–H groups in total. The quantitative estimate of drug-likeness (QED) is 0.845. The molecule has 0 saturated heterocycles. The molecule has 0 aliphatic heterocycles. The Bertz CT molecular complexity index is 723. The Morgan fingerprint density at radius 2 is 1.70 bits per heavy atom. The second-order valence-corrected chi connectivity index (χ2v) is 6.85. The molecule has 1 aromatic carbocycles. The Balaban J connectivity index is 2.41. The molecule has 0 aliphatic carbocycles. The van der Waals surface area contributed by atoms with Crippen molar-refractivity contribution in [2.75, 3.05) is 4.72 Å². The number of pyridine rings is 1. The fourth-order valence-corrected chi connectivity index (χ4v) is 3.42. The van der Waals surface area contributed by atoms with E-state index in [0.29, 0.717) is 10.6 Å². The average Bonchev–Trinajstić information content (AvgIpc) is 2.34. The molecule has 0 bridgehead atoms. The van der Waals surface area contributed by atoms with Crippen molar-refractivity contribution in [2.24, 2.45) is 0 Å². The normalized spacial score (nSPS) is 11.4. The zero-order valence-corrected chi connectivity index (χ0v) is 13.3. The second-order valence-electron chi connectivity index (χ2n) is 3.99. The molecule has 0 amide bonds. The second kappa shape index (κ2) is 5.77. The molecule has 0 saturated carbocycles. The number of benzene rings is 1. The monoisotopic (exact) mass is 350 g/mol. The van der Waals surface area contributed by atoms with Crippen molar-refractivity contribution >= 4 is 50.5 Å². The highest BCUT2D eigenvalue weighted by Gasteiger charge is 2.18. The van der Waals surface area contributed by atoms with Gasteiger partial charge >= 0.3 is 0 Å². The smallest absolute Gasteiger partial charge is 0.262 e.